The van der Waals surface area contributed by atoms with Crippen molar-refractivity contribution in [1.82, 2.24) is 4.98 Å². The number of nitrogens with two attached hydrogens (primary N) is 1. The van der Waals surface area contributed by atoms with Crippen LogP contribution in [0.2, 0.25) is 0 Å². The van der Waals surface area contributed by atoms with E-state index >= 15 is 0 Å². The molecule has 4 aliphatic rings. The van der Waals surface area contributed by atoms with Gasteiger partial charge in [0.15, 0.2) is 5.13 Å². The van der Waals surface area contributed by atoms with Crippen LogP contribution >= 0.6 is 11.3 Å². The maximum Gasteiger partial charge on any atom is 0.180 e. The van der Waals surface area contributed by atoms with Gasteiger partial charge in [0.05, 0.1) is 5.69 Å². The quantitative estimate of drug-likeness (QED) is 0.506. The Labute approximate surface area is 195 Å². The molecule has 0 amide bonds. The van der Waals surface area contributed by atoms with E-state index in [2.05, 4.69) is 34.6 Å². The predicted molar refractivity (Wildman–Crippen MR) is 133 cm³/mol. The monoisotopic (exact) mass is 442 g/mol. The molecule has 0 radical (unpaired) electrons. The summed E-state index contributed by atoms with van der Waals surface area (Å²) in [6.07, 6.45) is 15.6. The van der Waals surface area contributed by atoms with E-state index in [1.807, 2.05) is 0 Å². The minimum Gasteiger partial charge on any atom is -0.375 e. The van der Waals surface area contributed by atoms with Crippen molar-refractivity contribution < 1.29 is 0 Å². The van der Waals surface area contributed by atoms with Gasteiger partial charge in [-0.25, -0.2) is 4.98 Å². The number of hydrogen-bond donors (Lipinski definition) is 1. The second-order valence-corrected chi connectivity index (χ2v) is 14.1. The molecule has 0 saturated heterocycles. The smallest absolute Gasteiger partial charge is 0.180 e. The molecule has 0 aromatic carbocycles. The molecule has 1 aromatic rings. The fourth-order valence-corrected chi connectivity index (χ4v) is 10.5. The number of anilines is 1. The van der Waals surface area contributed by atoms with Crippen LogP contribution in [0.15, 0.2) is 0 Å². The Balaban J connectivity index is 1.33. The van der Waals surface area contributed by atoms with E-state index in [1.54, 1.807) is 11.3 Å². The zero-order valence-electron chi connectivity index (χ0n) is 20.8. The van der Waals surface area contributed by atoms with Gasteiger partial charge in [-0.15, -0.1) is 11.3 Å². The Morgan fingerprint density at radius 1 is 1.00 bits per heavy atom. The molecule has 1 heterocycles. The summed E-state index contributed by atoms with van der Waals surface area (Å²) in [5, 5.41) is 0.796. The molecule has 5 rings (SSSR count). The van der Waals surface area contributed by atoms with E-state index in [-0.39, 0.29) is 0 Å². The number of nitrogen functional groups attached to an aromatic ring is 1. The van der Waals surface area contributed by atoms with Gasteiger partial charge in [0, 0.05) is 4.88 Å². The van der Waals surface area contributed by atoms with Gasteiger partial charge >= 0.3 is 0 Å². The van der Waals surface area contributed by atoms with Gasteiger partial charge in [0.25, 0.3) is 0 Å². The second-order valence-electron chi connectivity index (χ2n) is 13.0. The first kappa shape index (κ1) is 22.2. The van der Waals surface area contributed by atoms with Gasteiger partial charge < -0.3 is 5.73 Å². The first-order valence-electron chi connectivity index (χ1n) is 13.5. The van der Waals surface area contributed by atoms with Gasteiger partial charge in [0.2, 0.25) is 0 Å². The Morgan fingerprint density at radius 2 is 1.77 bits per heavy atom. The summed E-state index contributed by atoms with van der Waals surface area (Å²) in [5.74, 6) is 6.45. The van der Waals surface area contributed by atoms with E-state index in [4.69, 9.17) is 10.7 Å². The summed E-state index contributed by atoms with van der Waals surface area (Å²) in [4.78, 5) is 6.22. The van der Waals surface area contributed by atoms with E-state index < -0.39 is 0 Å². The van der Waals surface area contributed by atoms with Crippen LogP contribution in [0.1, 0.15) is 103 Å². The van der Waals surface area contributed by atoms with Gasteiger partial charge in [-0.3, -0.25) is 0 Å². The Kier molecular flexibility index (Phi) is 5.76. The number of nitrogens with zero attached hydrogens (tertiary/aromatic N) is 1. The van der Waals surface area contributed by atoms with Crippen molar-refractivity contribution in [3.8, 4) is 0 Å². The lowest BCUT2D eigenvalue weighted by Crippen LogP contribution is -2.54. The highest BCUT2D eigenvalue weighted by atomic mass is 32.1. The number of hydrogen-bond acceptors (Lipinski definition) is 3. The first-order valence-corrected chi connectivity index (χ1v) is 14.3. The molecule has 31 heavy (non-hydrogen) atoms. The average molecular weight is 443 g/mol. The Bertz CT molecular complexity index is 799. The molecule has 0 bridgehead atoms. The highest BCUT2D eigenvalue weighted by Gasteiger charge is 2.60. The molecule has 0 aliphatic heterocycles. The number of aromatic nitrogens is 1. The third-order valence-electron chi connectivity index (χ3n) is 11.0. The lowest BCUT2D eigenvalue weighted by molar-refractivity contribution is -0.103. The number of fused-ring (bicyclic) bond motifs is 6. The topological polar surface area (TPSA) is 38.9 Å². The van der Waals surface area contributed by atoms with Crippen LogP contribution in [-0.2, 0) is 12.8 Å². The van der Waals surface area contributed by atoms with E-state index in [9.17, 15) is 0 Å². The Hall–Kier alpha value is -0.570. The molecule has 0 spiro atoms. The Morgan fingerprint density at radius 3 is 2.55 bits per heavy atom. The lowest BCUT2D eigenvalue weighted by atomic mass is 9.45. The van der Waals surface area contributed by atoms with Crippen LogP contribution in [0.3, 0.4) is 0 Å². The molecule has 8 atom stereocenters. The van der Waals surface area contributed by atoms with Crippen molar-refractivity contribution in [2.45, 2.75) is 105 Å². The van der Waals surface area contributed by atoms with Crippen LogP contribution in [0.25, 0.3) is 0 Å². The SMILES string of the molecule is CC(C)CCC[C@H](C)[C@@H]1CC[C@H]2[C@H]3CC[C@H]4Cc5nc(N)sc5C[C@]4(C)[C@@H]3CC[C@@]21C. The zero-order valence-corrected chi connectivity index (χ0v) is 21.6. The van der Waals surface area contributed by atoms with Crippen LogP contribution in [0, 0.1) is 52.3 Å². The minimum absolute atomic E-state index is 0.483. The summed E-state index contributed by atoms with van der Waals surface area (Å²) < 4.78 is 0. The highest BCUT2D eigenvalue weighted by molar-refractivity contribution is 7.15. The van der Waals surface area contributed by atoms with Crippen molar-refractivity contribution in [3.63, 3.8) is 0 Å². The first-order chi connectivity index (χ1) is 14.7. The molecule has 0 unspecified atom stereocenters. The normalized spacial score (nSPS) is 42.6. The van der Waals surface area contributed by atoms with Crippen LogP contribution < -0.4 is 5.73 Å². The van der Waals surface area contributed by atoms with Crippen molar-refractivity contribution in [2.75, 3.05) is 5.73 Å². The zero-order chi connectivity index (χ0) is 22.0. The molecule has 4 aliphatic carbocycles. The molecule has 174 valence electrons. The summed E-state index contributed by atoms with van der Waals surface area (Å²) in [6, 6.07) is 0. The standard InChI is InChI=1S/C28H46N2S/c1-17(2)7-6-8-18(3)21-11-12-22-20-10-9-19-15-24-25(31-26(29)30-24)16-28(19,5)23(20)13-14-27(21,22)4/h17-23H,6-16H2,1-5H3,(H2,29,30)/t18-,19-,20+,21-,22-,23+,27+,28-/m0/s1. The molecule has 3 saturated carbocycles. The van der Waals surface area contributed by atoms with Crippen molar-refractivity contribution >= 4 is 16.5 Å². The largest absolute Gasteiger partial charge is 0.375 e. The van der Waals surface area contributed by atoms with Gasteiger partial charge in [0.1, 0.15) is 0 Å². The molecular formula is C28H46N2S. The van der Waals surface area contributed by atoms with E-state index in [1.165, 1.54) is 81.2 Å². The molecule has 3 fully saturated rings. The van der Waals surface area contributed by atoms with Crippen LogP contribution in [0.5, 0.6) is 0 Å². The van der Waals surface area contributed by atoms with E-state index in [0.717, 1.165) is 46.6 Å². The third kappa shape index (κ3) is 3.60. The summed E-state index contributed by atoms with van der Waals surface area (Å²) in [7, 11) is 0. The second kappa shape index (κ2) is 8.03. The van der Waals surface area contributed by atoms with Crippen molar-refractivity contribution in [3.05, 3.63) is 10.6 Å². The molecule has 2 nitrogen and oxygen atoms in total. The fourth-order valence-electron chi connectivity index (χ4n) is 9.45. The van der Waals surface area contributed by atoms with Gasteiger partial charge in [-0.2, -0.15) is 0 Å². The minimum atomic E-state index is 0.483. The molecule has 1 aromatic heterocycles. The average Bonchev–Trinajstić information content (AvgIpc) is 3.23. The fraction of sp³-hybridized carbons (Fsp3) is 0.893. The number of thiazole rings is 1. The predicted octanol–water partition coefficient (Wildman–Crippen LogP) is 7.76. The summed E-state index contributed by atoms with van der Waals surface area (Å²) >= 11 is 1.78. The summed E-state index contributed by atoms with van der Waals surface area (Å²) in [5.41, 5.74) is 8.55. The highest BCUT2D eigenvalue weighted by Crippen LogP contribution is 2.68. The van der Waals surface area contributed by atoms with Crippen LogP contribution in [0.4, 0.5) is 5.13 Å². The third-order valence-corrected chi connectivity index (χ3v) is 12.0. The van der Waals surface area contributed by atoms with Crippen molar-refractivity contribution in [2.24, 2.45) is 52.3 Å². The van der Waals surface area contributed by atoms with Crippen molar-refractivity contribution in [1.29, 1.82) is 0 Å². The van der Waals surface area contributed by atoms with Gasteiger partial charge in [-0.05, 0) is 104 Å². The maximum absolute atomic E-state index is 6.11. The molecule has 2 N–H and O–H groups in total. The summed E-state index contributed by atoms with van der Waals surface area (Å²) in [6.45, 7) is 12.7. The molecular weight excluding hydrogens is 396 g/mol. The molecule has 3 heteroatoms. The van der Waals surface area contributed by atoms with Gasteiger partial charge in [-0.1, -0.05) is 53.9 Å². The maximum atomic E-state index is 6.11. The lowest BCUT2D eigenvalue weighted by Gasteiger charge is -2.60. The van der Waals surface area contributed by atoms with E-state index in [0.29, 0.717) is 10.8 Å². The van der Waals surface area contributed by atoms with Crippen LogP contribution in [-0.4, -0.2) is 4.98 Å². The number of rotatable bonds is 5.